The highest BCUT2D eigenvalue weighted by Crippen LogP contribution is 2.29. The van der Waals surface area contributed by atoms with Crippen molar-refractivity contribution in [1.29, 1.82) is 0 Å². The predicted molar refractivity (Wildman–Crippen MR) is 157 cm³/mol. The van der Waals surface area contributed by atoms with E-state index >= 15 is 0 Å². The van der Waals surface area contributed by atoms with E-state index < -0.39 is 73.0 Å². The molecule has 12 nitrogen and oxygen atoms in total. The van der Waals surface area contributed by atoms with Gasteiger partial charge in [-0.3, -0.25) is 18.8 Å². The lowest BCUT2D eigenvalue weighted by molar-refractivity contribution is -0.155. The summed E-state index contributed by atoms with van der Waals surface area (Å²) in [5, 5.41) is 13.8. The Morgan fingerprint density at radius 3 is 1.47 bits per heavy atom. The van der Waals surface area contributed by atoms with Crippen LogP contribution in [-0.2, 0) is 5.92 Å². The quantitative estimate of drug-likeness (QED) is 0.143. The second-order valence-corrected chi connectivity index (χ2v) is 10.1. The maximum Gasteiger partial charge on any atom is 0.422 e. The third-order valence-corrected chi connectivity index (χ3v) is 6.15. The van der Waals surface area contributed by atoms with E-state index in [0.29, 0.717) is 6.92 Å². The average Bonchev–Trinajstić information content (AvgIpc) is 3.72. The second-order valence-electron chi connectivity index (χ2n) is 10.1. The van der Waals surface area contributed by atoms with Gasteiger partial charge in [0.25, 0.3) is 18.2 Å². The van der Waals surface area contributed by atoms with Gasteiger partial charge in [0.1, 0.15) is 0 Å². The van der Waals surface area contributed by atoms with Gasteiger partial charge in [-0.15, -0.1) is 20.4 Å². The van der Waals surface area contributed by atoms with Gasteiger partial charge in [-0.2, -0.15) is 35.1 Å². The van der Waals surface area contributed by atoms with Crippen LogP contribution in [0.4, 0.5) is 52.7 Å². The molecule has 0 spiro atoms. The van der Waals surface area contributed by atoms with Gasteiger partial charge < -0.3 is 9.47 Å². The van der Waals surface area contributed by atoms with E-state index in [1.54, 1.807) is 0 Å². The zero-order valence-corrected chi connectivity index (χ0v) is 26.9. The molecule has 284 valence electrons. The van der Waals surface area contributed by atoms with E-state index in [0.717, 1.165) is 58.1 Å². The maximum atomic E-state index is 13.9. The monoisotopic (exact) mass is 770 g/mol. The van der Waals surface area contributed by atoms with Gasteiger partial charge in [-0.05, 0) is 12.1 Å². The Morgan fingerprint density at radius 2 is 1.06 bits per heavy atom. The molecule has 0 aliphatic heterocycles. The predicted octanol–water partition coefficient (Wildman–Crippen LogP) is 7.61. The summed E-state index contributed by atoms with van der Waals surface area (Å²) < 4.78 is 163. The molecule has 0 radical (unpaired) electrons. The first kappa shape index (κ1) is 39.9. The summed E-state index contributed by atoms with van der Waals surface area (Å²) in [6.07, 6.45) is -5.58. The molecule has 0 saturated carbocycles. The summed E-state index contributed by atoms with van der Waals surface area (Å²) >= 11 is 0. The van der Waals surface area contributed by atoms with Crippen molar-refractivity contribution in [3.05, 3.63) is 72.6 Å². The molecule has 6 aromatic heterocycles. The van der Waals surface area contributed by atoms with E-state index in [1.165, 1.54) is 0 Å². The molecular formula is C29H22F12N10O2. The van der Waals surface area contributed by atoms with E-state index in [4.69, 9.17) is 0 Å². The van der Waals surface area contributed by atoms with Crippen molar-refractivity contribution in [1.82, 2.24) is 49.1 Å². The molecular weight excluding hydrogens is 748 g/mol. The Kier molecular flexibility index (Phi) is 11.9. The van der Waals surface area contributed by atoms with E-state index in [1.807, 2.05) is 13.8 Å². The lowest BCUT2D eigenvalue weighted by Gasteiger charge is -2.10. The largest absolute Gasteiger partial charge is 0.466 e. The number of rotatable bonds is 8. The highest BCUT2D eigenvalue weighted by Gasteiger charge is 2.32. The fourth-order valence-corrected chi connectivity index (χ4v) is 4.01. The first-order valence-corrected chi connectivity index (χ1v) is 14.6. The summed E-state index contributed by atoms with van der Waals surface area (Å²) in [6.45, 7) is 1.24. The molecule has 6 aromatic rings. The molecule has 0 bridgehead atoms. The van der Waals surface area contributed by atoms with Gasteiger partial charge in [0, 0.05) is 42.8 Å². The van der Waals surface area contributed by atoms with Crippen molar-refractivity contribution in [2.75, 3.05) is 13.2 Å². The average molecular weight is 771 g/mol. The van der Waals surface area contributed by atoms with E-state index in [-0.39, 0.29) is 33.8 Å². The van der Waals surface area contributed by atoms with E-state index in [9.17, 15) is 52.7 Å². The van der Waals surface area contributed by atoms with Crippen LogP contribution >= 0.6 is 0 Å². The first-order chi connectivity index (χ1) is 24.8. The molecule has 0 N–H and O–H groups in total. The Morgan fingerprint density at radius 1 is 0.623 bits per heavy atom. The van der Waals surface area contributed by atoms with Crippen LogP contribution in [0.15, 0.2) is 49.3 Å². The zero-order valence-electron chi connectivity index (χ0n) is 26.9. The van der Waals surface area contributed by atoms with Crippen molar-refractivity contribution in [2.45, 2.75) is 45.5 Å². The molecule has 53 heavy (non-hydrogen) atoms. The SMILES string of the molecule is CC.CC(F)(F)c1nnc2cnc(-c3cnc(OCC(F)(F)F)c(F)c3)cn12.Fc1cc(-c2cn3c(C(F)F)nnc3cn2)cnc1OCC(F)(F)F. The first-order valence-electron chi connectivity index (χ1n) is 14.6. The number of alkyl halides is 10. The van der Waals surface area contributed by atoms with Crippen molar-refractivity contribution in [2.24, 2.45) is 0 Å². The maximum absolute atomic E-state index is 13.9. The van der Waals surface area contributed by atoms with Crippen LogP contribution in [0.2, 0.25) is 0 Å². The molecule has 0 saturated heterocycles. The van der Waals surface area contributed by atoms with Gasteiger partial charge >= 0.3 is 18.3 Å². The van der Waals surface area contributed by atoms with E-state index in [2.05, 4.69) is 49.8 Å². The highest BCUT2D eigenvalue weighted by molar-refractivity contribution is 5.60. The number of pyridine rings is 2. The number of fused-ring (bicyclic) bond motifs is 2. The normalized spacial score (nSPS) is 12.0. The highest BCUT2D eigenvalue weighted by atomic mass is 19.4. The fourth-order valence-electron chi connectivity index (χ4n) is 4.01. The summed E-state index contributed by atoms with van der Waals surface area (Å²) in [5.74, 6) is -8.53. The van der Waals surface area contributed by atoms with Gasteiger partial charge in [0.15, 0.2) is 36.1 Å². The third kappa shape index (κ3) is 10.2. The zero-order chi connectivity index (χ0) is 39.3. The second kappa shape index (κ2) is 15.8. The van der Waals surface area contributed by atoms with Crippen molar-refractivity contribution in [3.63, 3.8) is 0 Å². The number of hydrogen-bond donors (Lipinski definition) is 0. The van der Waals surface area contributed by atoms with Crippen LogP contribution in [0, 0.1) is 11.6 Å². The molecule has 0 fully saturated rings. The summed E-state index contributed by atoms with van der Waals surface area (Å²) in [5.41, 5.74) is 0.275. The Labute approximate surface area is 288 Å². The fraction of sp³-hybridized carbons (Fsp3) is 0.310. The van der Waals surface area contributed by atoms with Crippen LogP contribution in [0.3, 0.4) is 0 Å². The summed E-state index contributed by atoms with van der Waals surface area (Å²) in [7, 11) is 0. The van der Waals surface area contributed by atoms with Gasteiger partial charge in [0.2, 0.25) is 11.6 Å². The van der Waals surface area contributed by atoms with Gasteiger partial charge in [-0.25, -0.2) is 27.5 Å². The van der Waals surface area contributed by atoms with Gasteiger partial charge in [-0.1, -0.05) is 13.8 Å². The molecule has 6 heterocycles. The molecule has 0 aliphatic carbocycles. The van der Waals surface area contributed by atoms with Crippen molar-refractivity contribution in [3.8, 4) is 34.3 Å². The molecule has 0 unspecified atom stereocenters. The van der Waals surface area contributed by atoms with Crippen molar-refractivity contribution < 1.29 is 62.2 Å². The summed E-state index contributed by atoms with van der Waals surface area (Å²) in [6, 6.07) is 1.67. The number of nitrogens with zero attached hydrogens (tertiary/aromatic N) is 10. The molecule has 0 aromatic carbocycles. The van der Waals surface area contributed by atoms with Crippen LogP contribution < -0.4 is 9.47 Å². The minimum absolute atomic E-state index is 0.0385. The lowest BCUT2D eigenvalue weighted by Crippen LogP contribution is -2.20. The van der Waals surface area contributed by atoms with Crippen LogP contribution in [-0.4, -0.2) is 74.7 Å². The molecule has 0 atom stereocenters. The van der Waals surface area contributed by atoms with Gasteiger partial charge in [0.05, 0.1) is 23.8 Å². The number of ether oxygens (including phenoxy) is 2. The molecule has 24 heteroatoms. The minimum Gasteiger partial charge on any atom is -0.466 e. The smallest absolute Gasteiger partial charge is 0.422 e. The Bertz CT molecular complexity index is 2170. The van der Waals surface area contributed by atoms with Crippen LogP contribution in [0.1, 0.15) is 38.8 Å². The topological polar surface area (TPSA) is 130 Å². The third-order valence-electron chi connectivity index (χ3n) is 6.15. The summed E-state index contributed by atoms with van der Waals surface area (Å²) in [4.78, 5) is 14.8. The standard InChI is InChI=1S/C14H9F6N5O.C13H7F6N5O.C2H6/c1-13(16,17)12-24-23-10-4-21-9(5-25(10)12)7-2-8(15)11(22-3-7)26-6-14(18,19)20;14-7-1-6(2-21-12(7)25-5-13(17,18)19)8-4-24-9(3-20-8)22-23-11(24)10(15)16;1-2/h2-5H,6H2,1H3;1-4,10H,5H2;1-2H3. The minimum atomic E-state index is -4.64. The van der Waals surface area contributed by atoms with Crippen molar-refractivity contribution >= 4 is 11.3 Å². The number of aromatic nitrogens is 10. The lowest BCUT2D eigenvalue weighted by atomic mass is 10.2. The van der Waals surface area contributed by atoms with Crippen LogP contribution in [0.5, 0.6) is 11.8 Å². The Hall–Kier alpha value is -5.84. The number of halogens is 12. The Balaban J connectivity index is 0.000000226. The molecule has 0 amide bonds. The molecule has 6 rings (SSSR count). The number of hydrogen-bond acceptors (Lipinski definition) is 10. The molecule has 0 aliphatic rings. The van der Waals surface area contributed by atoms with Crippen LogP contribution in [0.25, 0.3) is 33.8 Å².